The van der Waals surface area contributed by atoms with E-state index in [2.05, 4.69) is 5.32 Å². The molecule has 1 fully saturated rings. The molecule has 1 aliphatic rings. The van der Waals surface area contributed by atoms with Gasteiger partial charge >= 0.3 is 5.66 Å². The molecule has 0 radical (unpaired) electrons. The molecule has 80 valence electrons. The molecule has 0 amide bonds. The van der Waals surface area contributed by atoms with Gasteiger partial charge in [0.15, 0.2) is 5.96 Å². The Morgan fingerprint density at radius 2 is 2.50 bits per heavy atom. The van der Waals surface area contributed by atoms with Gasteiger partial charge in [-0.25, -0.2) is 0 Å². The summed E-state index contributed by atoms with van der Waals surface area (Å²) in [5.41, 5.74) is 3.60. The highest BCUT2D eigenvalue weighted by Gasteiger charge is 2.48. The lowest BCUT2D eigenvalue weighted by Gasteiger charge is -2.27. The van der Waals surface area contributed by atoms with Gasteiger partial charge in [-0.2, -0.15) is 0 Å². The fourth-order valence-electron chi connectivity index (χ4n) is 1.54. The zero-order valence-electron chi connectivity index (χ0n) is 7.95. The lowest BCUT2D eigenvalue weighted by atomic mass is 10.0. The van der Waals surface area contributed by atoms with Crippen LogP contribution >= 0.6 is 0 Å². The first kappa shape index (κ1) is 10.7. The average molecular weight is 202 g/mol. The number of hydrogen-bond acceptors (Lipinski definition) is 4. The van der Waals surface area contributed by atoms with E-state index in [-0.39, 0.29) is 0 Å². The summed E-state index contributed by atoms with van der Waals surface area (Å²) >= 11 is 0. The van der Waals surface area contributed by atoms with Crippen LogP contribution in [-0.2, 0) is 4.74 Å². The molecule has 0 saturated carbocycles. The molecule has 0 aromatic carbocycles. The highest BCUT2D eigenvalue weighted by atomic mass is 16.6. The minimum atomic E-state index is -1.50. The van der Waals surface area contributed by atoms with Gasteiger partial charge in [-0.15, -0.1) is 0 Å². The van der Waals surface area contributed by atoms with E-state index in [0.29, 0.717) is 13.0 Å². The molecule has 2 unspecified atom stereocenters. The van der Waals surface area contributed by atoms with Crippen molar-refractivity contribution in [2.75, 3.05) is 6.61 Å². The number of ether oxygens (including phenoxy) is 1. The summed E-state index contributed by atoms with van der Waals surface area (Å²) in [5, 5.41) is 20.2. The van der Waals surface area contributed by atoms with Gasteiger partial charge in [-0.05, 0) is 12.8 Å². The first-order valence-corrected chi connectivity index (χ1v) is 4.35. The molecule has 0 aromatic rings. The largest absolute Gasteiger partial charge is 0.370 e. The smallest absolute Gasteiger partial charge is 0.319 e. The van der Waals surface area contributed by atoms with Crippen molar-refractivity contribution in [3.05, 3.63) is 10.1 Å². The van der Waals surface area contributed by atoms with E-state index in [0.717, 1.165) is 6.42 Å². The predicted octanol–water partition coefficient (Wildman–Crippen LogP) is -0.359. The van der Waals surface area contributed by atoms with Gasteiger partial charge < -0.3 is 10.5 Å². The molecular formula is C7H14N4O3. The number of rotatable bonds is 3. The first-order chi connectivity index (χ1) is 6.47. The monoisotopic (exact) mass is 202 g/mol. The van der Waals surface area contributed by atoms with Gasteiger partial charge in [0.05, 0.1) is 4.92 Å². The Morgan fingerprint density at radius 1 is 1.86 bits per heavy atom. The van der Waals surface area contributed by atoms with Gasteiger partial charge in [-0.3, -0.25) is 20.8 Å². The second-order valence-corrected chi connectivity index (χ2v) is 3.44. The van der Waals surface area contributed by atoms with Crippen molar-refractivity contribution >= 4 is 5.96 Å². The minimum absolute atomic E-state index is 0.417. The Balaban J connectivity index is 2.79. The van der Waals surface area contributed by atoms with E-state index in [1.54, 1.807) is 0 Å². The summed E-state index contributed by atoms with van der Waals surface area (Å²) in [6.07, 6.45) is 0.882. The van der Waals surface area contributed by atoms with Gasteiger partial charge in [0, 0.05) is 13.5 Å². The molecule has 1 aliphatic heterocycles. The van der Waals surface area contributed by atoms with Crippen LogP contribution in [0.4, 0.5) is 0 Å². The molecule has 0 spiro atoms. The zero-order chi connectivity index (χ0) is 10.8. The summed E-state index contributed by atoms with van der Waals surface area (Å²) in [6.45, 7) is 1.90. The molecule has 0 bridgehead atoms. The molecule has 0 aliphatic carbocycles. The van der Waals surface area contributed by atoms with E-state index in [1.165, 1.54) is 6.92 Å². The summed E-state index contributed by atoms with van der Waals surface area (Å²) in [7, 11) is 0. The number of hydrogen-bond donors (Lipinski definition) is 3. The minimum Gasteiger partial charge on any atom is -0.370 e. The van der Waals surface area contributed by atoms with Crippen LogP contribution in [0.2, 0.25) is 0 Å². The van der Waals surface area contributed by atoms with Crippen LogP contribution in [0.3, 0.4) is 0 Å². The molecule has 1 rings (SSSR count). The third-order valence-electron chi connectivity index (χ3n) is 2.32. The summed E-state index contributed by atoms with van der Waals surface area (Å²) in [6, 6.07) is 0. The van der Waals surface area contributed by atoms with E-state index < -0.39 is 22.6 Å². The lowest BCUT2D eigenvalue weighted by molar-refractivity contribution is -0.582. The third-order valence-corrected chi connectivity index (χ3v) is 2.32. The molecule has 2 atom stereocenters. The zero-order valence-corrected chi connectivity index (χ0v) is 7.95. The number of nitro groups is 1. The maximum atomic E-state index is 10.9. The molecule has 7 heteroatoms. The Hall–Kier alpha value is -1.37. The van der Waals surface area contributed by atoms with E-state index in [4.69, 9.17) is 15.9 Å². The van der Waals surface area contributed by atoms with Crippen LogP contribution in [0.1, 0.15) is 19.8 Å². The summed E-state index contributed by atoms with van der Waals surface area (Å²) in [5.74, 6) is -0.417. The third kappa shape index (κ3) is 1.92. The second-order valence-electron chi connectivity index (χ2n) is 3.44. The summed E-state index contributed by atoms with van der Waals surface area (Å²) < 4.78 is 5.22. The summed E-state index contributed by atoms with van der Waals surface area (Å²) in [4.78, 5) is 10.4. The molecule has 4 N–H and O–H groups in total. The van der Waals surface area contributed by atoms with Crippen molar-refractivity contribution in [3.8, 4) is 0 Å². The SMILES string of the molecule is CC(NC(=N)N)(C1CCCO1)[N+](=O)[O-]. The molecule has 7 nitrogen and oxygen atoms in total. The van der Waals surface area contributed by atoms with Crippen molar-refractivity contribution in [2.45, 2.75) is 31.5 Å². The fourth-order valence-corrected chi connectivity index (χ4v) is 1.54. The quantitative estimate of drug-likeness (QED) is 0.190. The Bertz CT molecular complexity index is 251. The first-order valence-electron chi connectivity index (χ1n) is 4.35. The number of nitrogens with two attached hydrogens (primary N) is 1. The van der Waals surface area contributed by atoms with E-state index in [9.17, 15) is 10.1 Å². The maximum Gasteiger partial charge on any atom is 0.319 e. The standard InChI is InChI=1S/C7H14N4O3/c1-7(11(12)13,10-6(8)9)5-3-2-4-14-5/h5H,2-4H2,1H3,(H4,8,9,10). The second kappa shape index (κ2) is 3.79. The van der Waals surface area contributed by atoms with Crippen molar-refractivity contribution in [2.24, 2.45) is 5.73 Å². The van der Waals surface area contributed by atoms with Crippen LogP contribution in [0.5, 0.6) is 0 Å². The van der Waals surface area contributed by atoms with Crippen molar-refractivity contribution in [1.29, 1.82) is 5.41 Å². The van der Waals surface area contributed by atoms with Gasteiger partial charge in [-0.1, -0.05) is 0 Å². The molecule has 1 saturated heterocycles. The normalized spacial score (nSPS) is 25.4. The molecule has 0 aromatic heterocycles. The van der Waals surface area contributed by atoms with Crippen LogP contribution in [0.15, 0.2) is 0 Å². The predicted molar refractivity (Wildman–Crippen MR) is 49.4 cm³/mol. The maximum absolute atomic E-state index is 10.9. The van der Waals surface area contributed by atoms with Crippen LogP contribution in [0.25, 0.3) is 0 Å². The Kier molecular flexibility index (Phi) is 2.90. The molecular weight excluding hydrogens is 188 g/mol. The van der Waals surface area contributed by atoms with Gasteiger partial charge in [0.25, 0.3) is 0 Å². The van der Waals surface area contributed by atoms with E-state index in [1.807, 2.05) is 0 Å². The van der Waals surface area contributed by atoms with Gasteiger partial charge in [0.1, 0.15) is 6.10 Å². The van der Waals surface area contributed by atoms with Gasteiger partial charge in [0.2, 0.25) is 0 Å². The van der Waals surface area contributed by atoms with Crippen LogP contribution in [0, 0.1) is 15.5 Å². The highest BCUT2D eigenvalue weighted by Crippen LogP contribution is 2.24. The van der Waals surface area contributed by atoms with E-state index >= 15 is 0 Å². The molecule has 14 heavy (non-hydrogen) atoms. The van der Waals surface area contributed by atoms with Crippen LogP contribution in [-0.4, -0.2) is 29.3 Å². The Morgan fingerprint density at radius 3 is 2.86 bits per heavy atom. The van der Waals surface area contributed by atoms with Crippen molar-refractivity contribution in [1.82, 2.24) is 5.32 Å². The average Bonchev–Trinajstić information content (AvgIpc) is 2.53. The number of guanidine groups is 1. The van der Waals surface area contributed by atoms with Crippen molar-refractivity contribution < 1.29 is 9.66 Å². The highest BCUT2D eigenvalue weighted by molar-refractivity contribution is 5.74. The number of nitrogens with zero attached hydrogens (tertiary/aromatic N) is 1. The fraction of sp³-hybridized carbons (Fsp3) is 0.857. The Labute approximate surface area is 81.3 Å². The topological polar surface area (TPSA) is 114 Å². The molecule has 1 heterocycles. The lowest BCUT2D eigenvalue weighted by Crippen LogP contribution is -2.61. The van der Waals surface area contributed by atoms with Crippen molar-refractivity contribution in [3.63, 3.8) is 0 Å². The van der Waals surface area contributed by atoms with Crippen LogP contribution < -0.4 is 11.1 Å². The number of nitrogens with one attached hydrogen (secondary N) is 2.